The normalized spacial score (nSPS) is 18.4. The summed E-state index contributed by atoms with van der Waals surface area (Å²) in [6, 6.07) is 11.5. The fraction of sp³-hybridized carbons (Fsp3) is 0.438. The maximum absolute atomic E-state index is 4.55. The first-order valence-corrected chi connectivity index (χ1v) is 6.99. The second-order valence-corrected chi connectivity index (χ2v) is 5.54. The molecule has 3 rings (SSSR count). The molecule has 3 nitrogen and oxygen atoms in total. The molecule has 0 amide bonds. The molecule has 0 radical (unpaired) electrons. The summed E-state index contributed by atoms with van der Waals surface area (Å²) in [6.07, 6.45) is 1.25. The molecule has 2 heterocycles. The van der Waals surface area contributed by atoms with Crippen LogP contribution in [-0.4, -0.2) is 36.1 Å². The smallest absolute Gasteiger partial charge is 0.0705 e. The number of hydrogen-bond donors (Lipinski definition) is 1. The Bertz CT molecular complexity index is 579. The quantitative estimate of drug-likeness (QED) is 0.942. The Morgan fingerprint density at radius 3 is 2.90 bits per heavy atom. The zero-order chi connectivity index (χ0) is 13.2. The molecule has 0 spiro atoms. The van der Waals surface area contributed by atoms with Gasteiger partial charge in [-0.15, -0.1) is 12.4 Å². The first kappa shape index (κ1) is 15.2. The van der Waals surface area contributed by atoms with Gasteiger partial charge in [0.05, 0.1) is 5.52 Å². The number of hydrogen-bond acceptors (Lipinski definition) is 3. The van der Waals surface area contributed by atoms with Crippen LogP contribution in [0.5, 0.6) is 0 Å². The van der Waals surface area contributed by atoms with E-state index in [0.29, 0.717) is 6.04 Å². The van der Waals surface area contributed by atoms with E-state index in [4.69, 9.17) is 0 Å². The van der Waals surface area contributed by atoms with E-state index in [1.54, 1.807) is 0 Å². The van der Waals surface area contributed by atoms with Gasteiger partial charge in [-0.2, -0.15) is 0 Å². The zero-order valence-corrected chi connectivity index (χ0v) is 12.9. The number of nitrogens with zero attached hydrogens (tertiary/aromatic N) is 2. The lowest BCUT2D eigenvalue weighted by Crippen LogP contribution is -2.32. The van der Waals surface area contributed by atoms with Crippen molar-refractivity contribution in [2.24, 2.45) is 0 Å². The average Bonchev–Trinajstić information content (AvgIpc) is 2.93. The molecule has 1 fully saturated rings. The van der Waals surface area contributed by atoms with Crippen LogP contribution in [0.1, 0.15) is 17.7 Å². The summed E-state index contributed by atoms with van der Waals surface area (Å²) in [6.45, 7) is 5.31. The molecule has 1 N–H and O–H groups in total. The molecule has 108 valence electrons. The molecule has 1 aromatic heterocycles. The number of aryl methyl sites for hydroxylation is 1. The van der Waals surface area contributed by atoms with Crippen LogP contribution in [0.2, 0.25) is 0 Å². The van der Waals surface area contributed by atoms with Gasteiger partial charge in [0.2, 0.25) is 0 Å². The number of likely N-dealkylation sites (N-methyl/N-ethyl adjacent to an activating group) is 1. The van der Waals surface area contributed by atoms with Gasteiger partial charge in [0.1, 0.15) is 0 Å². The highest BCUT2D eigenvalue weighted by Gasteiger charge is 2.18. The molecule has 0 aliphatic carbocycles. The molecule has 1 aromatic carbocycles. The number of pyridine rings is 1. The first-order chi connectivity index (χ1) is 9.22. The van der Waals surface area contributed by atoms with Gasteiger partial charge in [-0.05, 0) is 50.7 Å². The lowest BCUT2D eigenvalue weighted by molar-refractivity contribution is 0.249. The Morgan fingerprint density at radius 1 is 1.30 bits per heavy atom. The van der Waals surface area contributed by atoms with Crippen LogP contribution in [0, 0.1) is 6.92 Å². The highest BCUT2D eigenvalue weighted by atomic mass is 35.5. The summed E-state index contributed by atoms with van der Waals surface area (Å²) >= 11 is 0. The summed E-state index contributed by atoms with van der Waals surface area (Å²) in [5.41, 5.74) is 3.54. The third kappa shape index (κ3) is 3.29. The van der Waals surface area contributed by atoms with Gasteiger partial charge >= 0.3 is 0 Å². The van der Waals surface area contributed by atoms with Crippen molar-refractivity contribution in [1.29, 1.82) is 0 Å². The summed E-state index contributed by atoms with van der Waals surface area (Å²) in [4.78, 5) is 7.00. The van der Waals surface area contributed by atoms with Gasteiger partial charge in [0.15, 0.2) is 0 Å². The number of fused-ring (bicyclic) bond motifs is 1. The van der Waals surface area contributed by atoms with E-state index in [1.165, 1.54) is 17.4 Å². The SMILES string of the molecule is Cc1ccc2cc(CN(C)C3CCNC3)ccc2n1.Cl. The predicted molar refractivity (Wildman–Crippen MR) is 86.5 cm³/mol. The standard InChI is InChI=1S/C16H21N3.ClH/c1-12-3-5-14-9-13(4-6-16(14)18-12)11-19(2)15-7-8-17-10-15;/h3-6,9,15,17H,7-8,10-11H2,1-2H3;1H. The van der Waals surface area contributed by atoms with Crippen molar-refractivity contribution in [2.75, 3.05) is 20.1 Å². The van der Waals surface area contributed by atoms with E-state index >= 15 is 0 Å². The highest BCUT2D eigenvalue weighted by molar-refractivity contribution is 5.85. The molecule has 1 unspecified atom stereocenters. The van der Waals surface area contributed by atoms with Crippen molar-refractivity contribution < 1.29 is 0 Å². The fourth-order valence-corrected chi connectivity index (χ4v) is 2.81. The minimum Gasteiger partial charge on any atom is -0.315 e. The molecule has 1 saturated heterocycles. The second kappa shape index (κ2) is 6.53. The van der Waals surface area contributed by atoms with Crippen molar-refractivity contribution in [3.8, 4) is 0 Å². The van der Waals surface area contributed by atoms with Gasteiger partial charge in [0.25, 0.3) is 0 Å². The topological polar surface area (TPSA) is 28.2 Å². The van der Waals surface area contributed by atoms with Crippen molar-refractivity contribution in [3.05, 3.63) is 41.6 Å². The van der Waals surface area contributed by atoms with Crippen LogP contribution >= 0.6 is 12.4 Å². The minimum atomic E-state index is 0. The van der Waals surface area contributed by atoms with Crippen LogP contribution in [-0.2, 0) is 6.54 Å². The van der Waals surface area contributed by atoms with Crippen LogP contribution in [0.25, 0.3) is 10.9 Å². The maximum atomic E-state index is 4.55. The van der Waals surface area contributed by atoms with Gasteiger partial charge in [-0.1, -0.05) is 12.1 Å². The number of halogens is 1. The lowest BCUT2D eigenvalue weighted by Gasteiger charge is -2.23. The van der Waals surface area contributed by atoms with Crippen molar-refractivity contribution >= 4 is 23.3 Å². The Balaban J connectivity index is 0.00000147. The third-order valence-corrected chi connectivity index (χ3v) is 3.98. The average molecular weight is 292 g/mol. The Kier molecular flexibility index (Phi) is 4.97. The van der Waals surface area contributed by atoms with Gasteiger partial charge in [-0.3, -0.25) is 9.88 Å². The van der Waals surface area contributed by atoms with E-state index in [1.807, 2.05) is 6.92 Å². The number of nitrogens with one attached hydrogen (secondary N) is 1. The van der Waals surface area contributed by atoms with E-state index in [-0.39, 0.29) is 12.4 Å². The molecular weight excluding hydrogens is 270 g/mol. The molecule has 0 saturated carbocycles. The van der Waals surface area contributed by atoms with Crippen LogP contribution in [0.4, 0.5) is 0 Å². The number of benzene rings is 1. The summed E-state index contributed by atoms with van der Waals surface area (Å²) in [5, 5.41) is 4.66. The zero-order valence-electron chi connectivity index (χ0n) is 12.1. The van der Waals surface area contributed by atoms with E-state index < -0.39 is 0 Å². The van der Waals surface area contributed by atoms with Crippen molar-refractivity contribution in [2.45, 2.75) is 25.9 Å². The monoisotopic (exact) mass is 291 g/mol. The van der Waals surface area contributed by atoms with Crippen LogP contribution < -0.4 is 5.32 Å². The lowest BCUT2D eigenvalue weighted by atomic mass is 10.1. The summed E-state index contributed by atoms with van der Waals surface area (Å²) in [7, 11) is 2.22. The number of rotatable bonds is 3. The molecule has 20 heavy (non-hydrogen) atoms. The largest absolute Gasteiger partial charge is 0.315 e. The molecule has 2 aromatic rings. The Morgan fingerprint density at radius 2 is 2.15 bits per heavy atom. The molecule has 1 aliphatic heterocycles. The predicted octanol–water partition coefficient (Wildman–Crippen LogP) is 2.76. The summed E-state index contributed by atoms with van der Waals surface area (Å²) < 4.78 is 0. The minimum absolute atomic E-state index is 0. The maximum Gasteiger partial charge on any atom is 0.0705 e. The third-order valence-electron chi connectivity index (χ3n) is 3.98. The Labute approximate surface area is 126 Å². The fourth-order valence-electron chi connectivity index (χ4n) is 2.81. The van der Waals surface area contributed by atoms with Crippen molar-refractivity contribution in [1.82, 2.24) is 15.2 Å². The van der Waals surface area contributed by atoms with Gasteiger partial charge < -0.3 is 5.32 Å². The first-order valence-electron chi connectivity index (χ1n) is 6.99. The van der Waals surface area contributed by atoms with Crippen LogP contribution in [0.3, 0.4) is 0 Å². The van der Waals surface area contributed by atoms with Crippen molar-refractivity contribution in [3.63, 3.8) is 0 Å². The molecule has 0 bridgehead atoms. The Hall–Kier alpha value is -1.16. The van der Waals surface area contributed by atoms with E-state index in [0.717, 1.165) is 30.8 Å². The molecule has 1 aliphatic rings. The van der Waals surface area contributed by atoms with Gasteiger partial charge in [-0.25, -0.2) is 0 Å². The number of aromatic nitrogens is 1. The molecule has 1 atom stereocenters. The highest BCUT2D eigenvalue weighted by Crippen LogP contribution is 2.17. The molecular formula is C16H22ClN3. The second-order valence-electron chi connectivity index (χ2n) is 5.54. The van der Waals surface area contributed by atoms with E-state index in [9.17, 15) is 0 Å². The summed E-state index contributed by atoms with van der Waals surface area (Å²) in [5.74, 6) is 0. The van der Waals surface area contributed by atoms with Gasteiger partial charge in [0, 0.05) is 30.2 Å². The van der Waals surface area contributed by atoms with Crippen LogP contribution in [0.15, 0.2) is 30.3 Å². The van der Waals surface area contributed by atoms with E-state index in [2.05, 4.69) is 52.6 Å². The molecule has 4 heteroatoms.